The minimum absolute atomic E-state index is 0.215. The van der Waals surface area contributed by atoms with Crippen molar-refractivity contribution in [3.8, 4) is 17.0 Å². The Morgan fingerprint density at radius 2 is 1.84 bits per heavy atom. The average molecular weight is 702 g/mol. The number of unbranched alkanes of at least 4 members (excludes halogenated alkanes) is 2. The first-order valence-corrected chi connectivity index (χ1v) is 18.7. The van der Waals surface area contributed by atoms with Gasteiger partial charge in [0.1, 0.15) is 17.3 Å². The molecule has 0 aliphatic heterocycles. The molecule has 0 spiro atoms. The van der Waals surface area contributed by atoms with Gasteiger partial charge in [-0.3, -0.25) is 14.3 Å². The number of nitrogens with one attached hydrogen (secondary N) is 3. The molecule has 266 valence electrons. The van der Waals surface area contributed by atoms with E-state index in [0.29, 0.717) is 38.0 Å². The number of ether oxygens (including phenoxy) is 1. The lowest BCUT2D eigenvalue weighted by Crippen LogP contribution is -2.58. The Morgan fingerprint density at radius 1 is 1.08 bits per heavy atom. The molecule has 2 fully saturated rings. The van der Waals surface area contributed by atoms with Crippen LogP contribution in [0.25, 0.3) is 22.2 Å². The van der Waals surface area contributed by atoms with E-state index in [1.54, 1.807) is 20.2 Å². The van der Waals surface area contributed by atoms with Gasteiger partial charge in [-0.15, -0.1) is 13.2 Å². The number of fused-ring (bicyclic) bond motifs is 1. The van der Waals surface area contributed by atoms with Gasteiger partial charge < -0.3 is 20.3 Å². The van der Waals surface area contributed by atoms with Gasteiger partial charge in [0.05, 0.1) is 23.6 Å². The quantitative estimate of drug-likeness (QED) is 0.121. The highest BCUT2D eigenvalue weighted by atomic mass is 32.2. The lowest BCUT2D eigenvalue weighted by molar-refractivity contribution is -0.130. The molecule has 2 aliphatic carbocycles. The van der Waals surface area contributed by atoms with E-state index in [4.69, 9.17) is 9.72 Å². The summed E-state index contributed by atoms with van der Waals surface area (Å²) in [5.41, 5.74) is 2.12. The molecule has 11 nitrogen and oxygen atoms in total. The second-order valence-electron chi connectivity index (χ2n) is 13.2. The number of urea groups is 1. The van der Waals surface area contributed by atoms with E-state index in [-0.39, 0.29) is 12.8 Å². The van der Waals surface area contributed by atoms with Crippen molar-refractivity contribution in [2.24, 2.45) is 5.92 Å². The topological polar surface area (TPSA) is 147 Å². The Labute approximate surface area is 294 Å². The summed E-state index contributed by atoms with van der Waals surface area (Å²) in [6.45, 7) is 8.01. The molecule has 2 saturated carbocycles. The van der Waals surface area contributed by atoms with E-state index in [1.807, 2.05) is 60.7 Å². The number of rotatable bonds is 18. The van der Waals surface area contributed by atoms with E-state index in [0.717, 1.165) is 47.0 Å². The smallest absolute Gasteiger partial charge is 0.317 e. The summed E-state index contributed by atoms with van der Waals surface area (Å²) in [6.07, 6.45) is 8.43. The molecule has 0 radical (unpaired) electrons. The molecular weight excluding hydrogens is 655 g/mol. The number of hydrogen-bond donors (Lipinski definition) is 3. The molecular formula is C38H47N5O6S. The second-order valence-corrected chi connectivity index (χ2v) is 15.2. The van der Waals surface area contributed by atoms with Crippen LogP contribution in [0.3, 0.4) is 0 Å². The van der Waals surface area contributed by atoms with Crippen LogP contribution in [-0.4, -0.2) is 73.7 Å². The standard InChI is InChI=1S/C38H47N5O6S/c1-5-7-8-12-22-43(3)37(46)40-32(35(44)41-38(25-28(38)6-2)36(45)42-50(47,48)30-19-20-30)17-13-16-27-23-33(26-14-10-9-11-15-26)39-34-24-29(49-4)18-21-31(27)34/h5-6,9-11,14-15,18,21,23-24,28,30,32H,1-2,7-8,12-13,16-17,19-20,22,25H2,3-4H3,(H,40,46)(H,41,44)(H,42,45)/t28-,32+,38-/m1/s1. The van der Waals surface area contributed by atoms with E-state index in [1.165, 1.54) is 4.90 Å². The third-order valence-electron chi connectivity index (χ3n) is 9.47. The second kappa shape index (κ2) is 15.9. The highest BCUT2D eigenvalue weighted by Crippen LogP contribution is 2.45. The van der Waals surface area contributed by atoms with Gasteiger partial charge >= 0.3 is 6.03 Å². The third-order valence-corrected chi connectivity index (χ3v) is 11.3. The van der Waals surface area contributed by atoms with Gasteiger partial charge in [0.15, 0.2) is 0 Å². The Kier molecular flexibility index (Phi) is 11.6. The molecule has 1 aromatic heterocycles. The zero-order chi connectivity index (χ0) is 35.9. The lowest BCUT2D eigenvalue weighted by atomic mass is 9.98. The molecule has 3 atom stereocenters. The van der Waals surface area contributed by atoms with Gasteiger partial charge in [-0.1, -0.05) is 42.5 Å². The summed E-state index contributed by atoms with van der Waals surface area (Å²) < 4.78 is 32.9. The summed E-state index contributed by atoms with van der Waals surface area (Å²) in [5, 5.41) is 6.06. The van der Waals surface area contributed by atoms with Crippen LogP contribution in [0.15, 0.2) is 79.9 Å². The zero-order valence-corrected chi connectivity index (χ0v) is 29.6. The third kappa shape index (κ3) is 8.71. The maximum absolute atomic E-state index is 14.0. The van der Waals surface area contributed by atoms with Gasteiger partial charge in [-0.25, -0.2) is 18.2 Å². The highest BCUT2D eigenvalue weighted by Gasteiger charge is 2.61. The van der Waals surface area contributed by atoms with Crippen LogP contribution in [0.2, 0.25) is 0 Å². The van der Waals surface area contributed by atoms with E-state index in [2.05, 4.69) is 28.5 Å². The van der Waals surface area contributed by atoms with Crippen molar-refractivity contribution >= 4 is 38.8 Å². The van der Waals surface area contributed by atoms with Gasteiger partial charge in [0, 0.05) is 36.5 Å². The number of carbonyl (C=O) groups is 3. The first-order valence-electron chi connectivity index (χ1n) is 17.2. The van der Waals surface area contributed by atoms with Crippen molar-refractivity contribution in [3.05, 3.63) is 85.5 Å². The molecule has 0 bridgehead atoms. The summed E-state index contributed by atoms with van der Waals surface area (Å²) in [7, 11) is -0.547. The minimum atomic E-state index is -3.83. The molecule has 50 heavy (non-hydrogen) atoms. The average Bonchev–Trinajstić information content (AvgIpc) is 4.05. The fraction of sp³-hybridized carbons (Fsp3) is 0.421. The van der Waals surface area contributed by atoms with Crippen molar-refractivity contribution in [1.29, 1.82) is 0 Å². The summed E-state index contributed by atoms with van der Waals surface area (Å²) in [4.78, 5) is 47.1. The normalized spacial score (nSPS) is 18.8. The summed E-state index contributed by atoms with van der Waals surface area (Å²) >= 11 is 0. The molecule has 3 aromatic rings. The first-order chi connectivity index (χ1) is 24.0. The minimum Gasteiger partial charge on any atom is -0.497 e. The van der Waals surface area contributed by atoms with Crippen molar-refractivity contribution < 1.29 is 27.5 Å². The van der Waals surface area contributed by atoms with E-state index >= 15 is 0 Å². The fourth-order valence-electron chi connectivity index (χ4n) is 6.16. The first kappa shape index (κ1) is 36.6. The van der Waals surface area contributed by atoms with Gasteiger partial charge in [0.2, 0.25) is 15.9 Å². The predicted octanol–water partition coefficient (Wildman–Crippen LogP) is 5.27. The largest absolute Gasteiger partial charge is 0.497 e. The van der Waals surface area contributed by atoms with Crippen LogP contribution in [0, 0.1) is 5.92 Å². The SMILES string of the molecule is C=CCCCCN(C)C(=O)N[C@@H](CCCc1cc(-c2ccccc2)nc2cc(OC)ccc12)C(=O)N[C@]1(C(=O)NS(=O)(=O)C2CC2)C[C@H]1C=C. The van der Waals surface area contributed by atoms with Gasteiger partial charge in [-0.2, -0.15) is 0 Å². The number of methoxy groups -OCH3 is 1. The number of carbonyl (C=O) groups excluding carboxylic acids is 3. The highest BCUT2D eigenvalue weighted by molar-refractivity contribution is 7.91. The molecule has 1 heterocycles. The number of allylic oxidation sites excluding steroid dienone is 1. The molecule has 0 saturated heterocycles. The number of nitrogens with zero attached hydrogens (tertiary/aromatic N) is 2. The lowest BCUT2D eigenvalue weighted by Gasteiger charge is -2.26. The molecule has 2 aromatic carbocycles. The monoisotopic (exact) mass is 701 g/mol. The molecule has 12 heteroatoms. The Hall–Kier alpha value is -4.71. The number of aryl methyl sites for hydroxylation is 1. The maximum atomic E-state index is 14.0. The van der Waals surface area contributed by atoms with E-state index < -0.39 is 50.6 Å². The summed E-state index contributed by atoms with van der Waals surface area (Å²) in [5.74, 6) is -1.09. The van der Waals surface area contributed by atoms with Crippen molar-refractivity contribution in [3.63, 3.8) is 0 Å². The van der Waals surface area contributed by atoms with Crippen LogP contribution < -0.4 is 20.1 Å². The maximum Gasteiger partial charge on any atom is 0.317 e. The molecule has 2 aliphatic rings. The predicted molar refractivity (Wildman–Crippen MR) is 195 cm³/mol. The van der Waals surface area contributed by atoms with Crippen LogP contribution in [0.5, 0.6) is 5.75 Å². The zero-order valence-electron chi connectivity index (χ0n) is 28.8. The number of hydrogen-bond acceptors (Lipinski definition) is 7. The van der Waals surface area contributed by atoms with Crippen LogP contribution in [0.4, 0.5) is 4.79 Å². The van der Waals surface area contributed by atoms with Crippen LogP contribution in [0.1, 0.15) is 56.9 Å². The van der Waals surface area contributed by atoms with Crippen LogP contribution >= 0.6 is 0 Å². The number of pyridine rings is 1. The molecule has 5 rings (SSSR count). The molecule has 3 N–H and O–H groups in total. The van der Waals surface area contributed by atoms with Gasteiger partial charge in [0.25, 0.3) is 5.91 Å². The number of sulfonamides is 1. The van der Waals surface area contributed by atoms with Crippen LogP contribution in [-0.2, 0) is 26.0 Å². The Bertz CT molecular complexity index is 1840. The number of benzene rings is 2. The van der Waals surface area contributed by atoms with Crippen molar-refractivity contribution in [2.75, 3.05) is 20.7 Å². The van der Waals surface area contributed by atoms with E-state index in [9.17, 15) is 22.8 Å². The van der Waals surface area contributed by atoms with Crippen molar-refractivity contribution in [1.82, 2.24) is 25.2 Å². The summed E-state index contributed by atoms with van der Waals surface area (Å²) in [6, 6.07) is 16.3. The Balaban J connectivity index is 1.36. The molecule has 4 amide bonds. The Morgan fingerprint density at radius 3 is 2.50 bits per heavy atom. The molecule has 0 unspecified atom stereocenters. The van der Waals surface area contributed by atoms with Gasteiger partial charge in [-0.05, 0) is 81.5 Å². The van der Waals surface area contributed by atoms with Crippen molar-refractivity contribution in [2.45, 2.75) is 74.6 Å². The number of aromatic nitrogens is 1. The fourth-order valence-corrected chi connectivity index (χ4v) is 7.52. The number of amides is 4.